The number of hydrogen-bond donors (Lipinski definition) is 0. The van der Waals surface area contributed by atoms with Crippen LogP contribution in [0.5, 0.6) is 0 Å². The number of halogens is 1. The Morgan fingerprint density at radius 3 is 2.50 bits per heavy atom. The normalized spacial score (nSPS) is 10.8. The molecule has 3 rings (SSSR count). The molecule has 1 aromatic heterocycles. The van der Waals surface area contributed by atoms with Crippen LogP contribution in [-0.4, -0.2) is 0 Å². The number of rotatable bonds is 1. The standard InChI is InChI=1S/C14H9BrO/c15-13-9-11-7-4-8-12(14(11)16-13)10-5-2-1-3-6-10/h1-9H. The Morgan fingerprint density at radius 2 is 1.69 bits per heavy atom. The molecule has 0 atom stereocenters. The maximum absolute atomic E-state index is 5.67. The maximum Gasteiger partial charge on any atom is 0.170 e. The molecular weight excluding hydrogens is 264 g/mol. The lowest BCUT2D eigenvalue weighted by molar-refractivity contribution is 0.588. The van der Waals surface area contributed by atoms with E-state index in [-0.39, 0.29) is 0 Å². The fourth-order valence-electron chi connectivity index (χ4n) is 1.88. The third-order valence-corrected chi connectivity index (χ3v) is 2.99. The minimum absolute atomic E-state index is 0.769. The molecule has 0 aliphatic rings. The zero-order valence-corrected chi connectivity index (χ0v) is 10.1. The van der Waals surface area contributed by atoms with Crippen LogP contribution in [0.1, 0.15) is 0 Å². The SMILES string of the molecule is Brc1cc2cccc(-c3ccccc3)c2o1. The van der Waals surface area contributed by atoms with Gasteiger partial charge in [0, 0.05) is 10.9 Å². The molecular formula is C14H9BrO. The van der Waals surface area contributed by atoms with Crippen molar-refractivity contribution >= 4 is 26.9 Å². The average Bonchev–Trinajstić information content (AvgIpc) is 2.70. The first-order valence-corrected chi connectivity index (χ1v) is 5.87. The fourth-order valence-corrected chi connectivity index (χ4v) is 2.29. The second-order valence-corrected chi connectivity index (χ2v) is 4.42. The van der Waals surface area contributed by atoms with Crippen molar-refractivity contribution < 1.29 is 4.42 Å². The van der Waals surface area contributed by atoms with E-state index in [1.807, 2.05) is 30.3 Å². The van der Waals surface area contributed by atoms with Crippen molar-refractivity contribution in [2.75, 3.05) is 0 Å². The van der Waals surface area contributed by atoms with E-state index in [0.29, 0.717) is 0 Å². The molecule has 1 nitrogen and oxygen atoms in total. The van der Waals surface area contributed by atoms with Crippen molar-refractivity contribution in [3.63, 3.8) is 0 Å². The van der Waals surface area contributed by atoms with Gasteiger partial charge in [-0.05, 0) is 27.6 Å². The Bertz CT molecular complexity index is 626. The highest BCUT2D eigenvalue weighted by Crippen LogP contribution is 2.32. The van der Waals surface area contributed by atoms with Gasteiger partial charge in [-0.25, -0.2) is 0 Å². The molecule has 0 N–H and O–H groups in total. The van der Waals surface area contributed by atoms with E-state index in [0.717, 1.165) is 21.2 Å². The van der Waals surface area contributed by atoms with Gasteiger partial charge in [-0.2, -0.15) is 0 Å². The molecule has 2 aromatic carbocycles. The lowest BCUT2D eigenvalue weighted by atomic mass is 10.0. The highest BCUT2D eigenvalue weighted by molar-refractivity contribution is 9.10. The molecule has 0 bridgehead atoms. The molecule has 0 amide bonds. The van der Waals surface area contributed by atoms with Gasteiger partial charge in [0.25, 0.3) is 0 Å². The molecule has 3 aromatic rings. The minimum atomic E-state index is 0.769. The Balaban J connectivity index is 2.31. The van der Waals surface area contributed by atoms with Crippen LogP contribution in [0.4, 0.5) is 0 Å². The first kappa shape index (κ1) is 9.67. The second kappa shape index (κ2) is 3.80. The van der Waals surface area contributed by atoms with Gasteiger partial charge in [0.15, 0.2) is 4.67 Å². The Kier molecular flexibility index (Phi) is 2.29. The summed E-state index contributed by atoms with van der Waals surface area (Å²) < 4.78 is 6.44. The lowest BCUT2D eigenvalue weighted by Gasteiger charge is -2.01. The first-order chi connectivity index (χ1) is 7.84. The van der Waals surface area contributed by atoms with Crippen LogP contribution >= 0.6 is 15.9 Å². The summed E-state index contributed by atoms with van der Waals surface area (Å²) >= 11 is 3.36. The molecule has 0 fully saturated rings. The van der Waals surface area contributed by atoms with E-state index >= 15 is 0 Å². The fraction of sp³-hybridized carbons (Fsp3) is 0. The highest BCUT2D eigenvalue weighted by atomic mass is 79.9. The lowest BCUT2D eigenvalue weighted by Crippen LogP contribution is -1.76. The Labute approximate surface area is 102 Å². The van der Waals surface area contributed by atoms with Crippen molar-refractivity contribution in [3.05, 3.63) is 59.3 Å². The summed E-state index contributed by atoms with van der Waals surface area (Å²) in [5.74, 6) is 0. The van der Waals surface area contributed by atoms with Crippen LogP contribution in [0.15, 0.2) is 63.7 Å². The van der Waals surface area contributed by atoms with E-state index in [9.17, 15) is 0 Å². The molecule has 16 heavy (non-hydrogen) atoms. The topological polar surface area (TPSA) is 13.1 Å². The van der Waals surface area contributed by atoms with Crippen LogP contribution in [0.3, 0.4) is 0 Å². The van der Waals surface area contributed by atoms with Crippen LogP contribution in [0.2, 0.25) is 0 Å². The van der Waals surface area contributed by atoms with Crippen molar-refractivity contribution in [2.45, 2.75) is 0 Å². The summed E-state index contributed by atoms with van der Waals surface area (Å²) in [7, 11) is 0. The van der Waals surface area contributed by atoms with Crippen LogP contribution in [-0.2, 0) is 0 Å². The molecule has 1 heterocycles. The minimum Gasteiger partial charge on any atom is -0.449 e. The van der Waals surface area contributed by atoms with Gasteiger partial charge >= 0.3 is 0 Å². The van der Waals surface area contributed by atoms with Crippen LogP contribution in [0, 0.1) is 0 Å². The van der Waals surface area contributed by atoms with Crippen molar-refractivity contribution in [3.8, 4) is 11.1 Å². The Morgan fingerprint density at radius 1 is 0.875 bits per heavy atom. The third kappa shape index (κ3) is 1.55. The molecule has 0 saturated carbocycles. The van der Waals surface area contributed by atoms with E-state index in [4.69, 9.17) is 4.42 Å². The predicted molar refractivity (Wildman–Crippen MR) is 69.4 cm³/mol. The van der Waals surface area contributed by atoms with Crippen LogP contribution < -0.4 is 0 Å². The molecule has 0 aliphatic carbocycles. The average molecular weight is 273 g/mol. The number of hydrogen-bond acceptors (Lipinski definition) is 1. The molecule has 0 radical (unpaired) electrons. The highest BCUT2D eigenvalue weighted by Gasteiger charge is 2.07. The Hall–Kier alpha value is -1.54. The van der Waals surface area contributed by atoms with Crippen molar-refractivity contribution in [1.82, 2.24) is 0 Å². The summed E-state index contributed by atoms with van der Waals surface area (Å²) in [5, 5.41) is 1.12. The molecule has 0 unspecified atom stereocenters. The smallest absolute Gasteiger partial charge is 0.170 e. The maximum atomic E-state index is 5.67. The zero-order valence-electron chi connectivity index (χ0n) is 8.48. The number of para-hydroxylation sites is 1. The first-order valence-electron chi connectivity index (χ1n) is 5.08. The summed E-state index contributed by atoms with van der Waals surface area (Å²) in [6.07, 6.45) is 0. The zero-order chi connectivity index (χ0) is 11.0. The monoisotopic (exact) mass is 272 g/mol. The van der Waals surface area contributed by atoms with Crippen LogP contribution in [0.25, 0.3) is 22.1 Å². The summed E-state index contributed by atoms with van der Waals surface area (Å²) in [4.78, 5) is 0. The molecule has 0 aliphatic heterocycles. The van der Waals surface area contributed by atoms with Crippen molar-refractivity contribution in [2.24, 2.45) is 0 Å². The number of fused-ring (bicyclic) bond motifs is 1. The van der Waals surface area contributed by atoms with Gasteiger partial charge in [-0.3, -0.25) is 0 Å². The largest absolute Gasteiger partial charge is 0.449 e. The molecule has 78 valence electrons. The second-order valence-electron chi connectivity index (χ2n) is 3.64. The van der Waals surface area contributed by atoms with E-state index < -0.39 is 0 Å². The van der Waals surface area contributed by atoms with Gasteiger partial charge in [0.2, 0.25) is 0 Å². The summed E-state index contributed by atoms with van der Waals surface area (Å²) in [6.45, 7) is 0. The summed E-state index contributed by atoms with van der Waals surface area (Å²) in [6, 6.07) is 18.4. The number of furan rings is 1. The van der Waals surface area contributed by atoms with Gasteiger partial charge < -0.3 is 4.42 Å². The summed E-state index contributed by atoms with van der Waals surface area (Å²) in [5.41, 5.74) is 3.24. The van der Waals surface area contributed by atoms with Gasteiger partial charge in [-0.1, -0.05) is 48.5 Å². The molecule has 2 heteroatoms. The quantitative estimate of drug-likeness (QED) is 0.617. The molecule has 0 spiro atoms. The van der Waals surface area contributed by atoms with Gasteiger partial charge in [-0.15, -0.1) is 0 Å². The number of benzene rings is 2. The third-order valence-electron chi connectivity index (χ3n) is 2.60. The van der Waals surface area contributed by atoms with E-state index in [1.165, 1.54) is 5.56 Å². The van der Waals surface area contributed by atoms with Gasteiger partial charge in [0.1, 0.15) is 5.58 Å². The molecule has 0 saturated heterocycles. The van der Waals surface area contributed by atoms with E-state index in [2.05, 4.69) is 40.2 Å². The predicted octanol–water partition coefficient (Wildman–Crippen LogP) is 4.86. The van der Waals surface area contributed by atoms with Gasteiger partial charge in [0.05, 0.1) is 0 Å². The van der Waals surface area contributed by atoms with Crippen molar-refractivity contribution in [1.29, 1.82) is 0 Å². The van der Waals surface area contributed by atoms with E-state index in [1.54, 1.807) is 0 Å².